The molecular weight excluding hydrogens is 376 g/mol. The molecule has 3 rings (SSSR count). The highest BCUT2D eigenvalue weighted by molar-refractivity contribution is 7.89. The Morgan fingerprint density at radius 1 is 1.04 bits per heavy atom. The summed E-state index contributed by atoms with van der Waals surface area (Å²) in [7, 11) is -3.70. The van der Waals surface area contributed by atoms with Crippen molar-refractivity contribution in [1.29, 1.82) is 0 Å². The van der Waals surface area contributed by atoms with Gasteiger partial charge >= 0.3 is 0 Å². The average molecular weight is 403 g/mol. The molecule has 1 aliphatic heterocycles. The van der Waals surface area contributed by atoms with Gasteiger partial charge in [0.05, 0.1) is 17.1 Å². The topological polar surface area (TPSA) is 75.7 Å². The SMILES string of the molecule is Cc1ccc(NC(=O)c2cccc(S(=O)(=O)N3CC(C)OC(C)C3)c2)cc1C. The molecule has 2 aromatic rings. The molecule has 0 bridgehead atoms. The highest BCUT2D eigenvalue weighted by Gasteiger charge is 2.32. The van der Waals surface area contributed by atoms with Gasteiger partial charge in [-0.3, -0.25) is 4.79 Å². The van der Waals surface area contributed by atoms with Crippen LogP contribution in [-0.2, 0) is 14.8 Å². The molecule has 1 fully saturated rings. The lowest BCUT2D eigenvalue weighted by atomic mass is 10.1. The van der Waals surface area contributed by atoms with Crippen LogP contribution < -0.4 is 5.32 Å². The van der Waals surface area contributed by atoms with Crippen molar-refractivity contribution in [1.82, 2.24) is 4.31 Å². The number of nitrogens with zero attached hydrogens (tertiary/aromatic N) is 1. The molecule has 150 valence electrons. The van der Waals surface area contributed by atoms with Crippen LogP contribution in [0.4, 0.5) is 5.69 Å². The molecule has 28 heavy (non-hydrogen) atoms. The Balaban J connectivity index is 1.83. The third-order valence-corrected chi connectivity index (χ3v) is 6.71. The summed E-state index contributed by atoms with van der Waals surface area (Å²) in [6, 6.07) is 11.8. The van der Waals surface area contributed by atoms with Gasteiger partial charge in [0.25, 0.3) is 5.91 Å². The molecule has 0 radical (unpaired) electrons. The lowest BCUT2D eigenvalue weighted by Gasteiger charge is -2.34. The van der Waals surface area contributed by atoms with Gasteiger partial charge in [0, 0.05) is 24.3 Å². The molecule has 1 heterocycles. The fourth-order valence-corrected chi connectivity index (χ4v) is 4.93. The standard InChI is InChI=1S/C21H26N2O4S/c1-14-8-9-19(10-15(14)2)22-21(24)18-6-5-7-20(11-18)28(25,26)23-12-16(3)27-17(4)13-23/h5-11,16-17H,12-13H2,1-4H3,(H,22,24). The van der Waals surface area contributed by atoms with Gasteiger partial charge in [0.15, 0.2) is 0 Å². The number of nitrogens with one attached hydrogen (secondary N) is 1. The minimum absolute atomic E-state index is 0.113. The number of carbonyl (C=O) groups is 1. The molecule has 0 aromatic heterocycles. The first-order chi connectivity index (χ1) is 13.2. The van der Waals surface area contributed by atoms with Crippen molar-refractivity contribution >= 4 is 21.6 Å². The minimum Gasteiger partial charge on any atom is -0.373 e. The molecule has 1 N–H and O–H groups in total. The maximum absolute atomic E-state index is 13.0. The maximum atomic E-state index is 13.0. The van der Waals surface area contributed by atoms with E-state index in [0.717, 1.165) is 11.1 Å². The molecule has 7 heteroatoms. The van der Waals surface area contributed by atoms with Gasteiger partial charge in [0.1, 0.15) is 0 Å². The van der Waals surface area contributed by atoms with E-state index < -0.39 is 10.0 Å². The summed E-state index contributed by atoms with van der Waals surface area (Å²) < 4.78 is 33.1. The van der Waals surface area contributed by atoms with Crippen LogP contribution in [-0.4, -0.2) is 43.9 Å². The number of hydrogen-bond acceptors (Lipinski definition) is 4. The van der Waals surface area contributed by atoms with E-state index in [1.54, 1.807) is 12.1 Å². The van der Waals surface area contributed by atoms with Gasteiger partial charge in [-0.25, -0.2) is 8.42 Å². The molecule has 6 nitrogen and oxygen atoms in total. The lowest BCUT2D eigenvalue weighted by molar-refractivity contribution is -0.0440. The minimum atomic E-state index is -3.70. The highest BCUT2D eigenvalue weighted by Crippen LogP contribution is 2.22. The number of aryl methyl sites for hydroxylation is 2. The van der Waals surface area contributed by atoms with Crippen LogP contribution in [0, 0.1) is 13.8 Å². The monoisotopic (exact) mass is 402 g/mol. The lowest BCUT2D eigenvalue weighted by Crippen LogP contribution is -2.48. The Bertz CT molecular complexity index is 978. The van der Waals surface area contributed by atoms with E-state index in [4.69, 9.17) is 4.74 Å². The van der Waals surface area contributed by atoms with E-state index in [9.17, 15) is 13.2 Å². The van der Waals surface area contributed by atoms with E-state index in [2.05, 4.69) is 5.32 Å². The molecule has 2 atom stereocenters. The molecule has 1 amide bonds. The molecule has 0 spiro atoms. The van der Waals surface area contributed by atoms with Crippen molar-refractivity contribution in [3.63, 3.8) is 0 Å². The van der Waals surface area contributed by atoms with Gasteiger partial charge in [-0.1, -0.05) is 12.1 Å². The molecular formula is C21H26N2O4S. The second-order valence-electron chi connectivity index (χ2n) is 7.36. The third kappa shape index (κ3) is 4.43. The number of rotatable bonds is 4. The second-order valence-corrected chi connectivity index (χ2v) is 9.30. The zero-order valence-electron chi connectivity index (χ0n) is 16.6. The fraction of sp³-hybridized carbons (Fsp3) is 0.381. The smallest absolute Gasteiger partial charge is 0.255 e. The Morgan fingerprint density at radius 2 is 1.71 bits per heavy atom. The summed E-state index contributed by atoms with van der Waals surface area (Å²) in [6.45, 7) is 8.28. The van der Waals surface area contributed by atoms with Crippen molar-refractivity contribution < 1.29 is 17.9 Å². The van der Waals surface area contributed by atoms with Crippen molar-refractivity contribution in [2.75, 3.05) is 18.4 Å². The summed E-state index contributed by atoms with van der Waals surface area (Å²) >= 11 is 0. The van der Waals surface area contributed by atoms with Gasteiger partial charge in [-0.2, -0.15) is 4.31 Å². The molecule has 2 unspecified atom stereocenters. The average Bonchev–Trinajstić information content (AvgIpc) is 2.64. The molecule has 0 aliphatic carbocycles. The van der Waals surface area contributed by atoms with Gasteiger partial charge in [-0.15, -0.1) is 0 Å². The number of anilines is 1. The largest absolute Gasteiger partial charge is 0.373 e. The Hall–Kier alpha value is -2.22. The van der Waals surface area contributed by atoms with Crippen LogP contribution in [0.25, 0.3) is 0 Å². The summed E-state index contributed by atoms with van der Waals surface area (Å²) in [5, 5.41) is 2.83. The summed E-state index contributed by atoms with van der Waals surface area (Å²) in [5.41, 5.74) is 3.19. The van der Waals surface area contributed by atoms with E-state index in [0.29, 0.717) is 24.3 Å². The zero-order chi connectivity index (χ0) is 20.5. The molecule has 1 aliphatic rings. The van der Waals surface area contributed by atoms with Crippen LogP contribution in [0.15, 0.2) is 47.4 Å². The number of amides is 1. The first kappa shape index (κ1) is 20.5. The molecule has 0 saturated carbocycles. The van der Waals surface area contributed by atoms with Crippen LogP contribution >= 0.6 is 0 Å². The third-order valence-electron chi connectivity index (χ3n) is 4.88. The van der Waals surface area contributed by atoms with E-state index in [1.165, 1.54) is 16.4 Å². The first-order valence-corrected chi connectivity index (χ1v) is 10.7. The first-order valence-electron chi connectivity index (χ1n) is 9.31. The molecule has 2 aromatic carbocycles. The van der Waals surface area contributed by atoms with Gasteiger partial charge in [-0.05, 0) is 69.2 Å². The summed E-state index contributed by atoms with van der Waals surface area (Å²) in [4.78, 5) is 12.7. The Kier molecular flexibility index (Phi) is 5.88. The number of hydrogen-bond donors (Lipinski definition) is 1. The van der Waals surface area contributed by atoms with Crippen molar-refractivity contribution in [3.8, 4) is 0 Å². The van der Waals surface area contributed by atoms with Gasteiger partial charge < -0.3 is 10.1 Å². The van der Waals surface area contributed by atoms with E-state index in [1.807, 2.05) is 45.9 Å². The quantitative estimate of drug-likeness (QED) is 0.851. The number of benzene rings is 2. The molecule has 1 saturated heterocycles. The fourth-order valence-electron chi connectivity index (χ4n) is 3.30. The predicted molar refractivity (Wildman–Crippen MR) is 109 cm³/mol. The van der Waals surface area contributed by atoms with Crippen LogP contribution in [0.2, 0.25) is 0 Å². The van der Waals surface area contributed by atoms with Crippen molar-refractivity contribution in [2.45, 2.75) is 44.8 Å². The summed E-state index contributed by atoms with van der Waals surface area (Å²) in [5.74, 6) is -0.344. The number of sulfonamides is 1. The second kappa shape index (κ2) is 8.03. The van der Waals surface area contributed by atoms with Crippen molar-refractivity contribution in [3.05, 3.63) is 59.2 Å². The van der Waals surface area contributed by atoms with E-state index >= 15 is 0 Å². The zero-order valence-corrected chi connectivity index (χ0v) is 17.4. The number of carbonyl (C=O) groups excluding carboxylic acids is 1. The Morgan fingerprint density at radius 3 is 2.36 bits per heavy atom. The number of ether oxygens (including phenoxy) is 1. The predicted octanol–water partition coefficient (Wildman–Crippen LogP) is 3.35. The highest BCUT2D eigenvalue weighted by atomic mass is 32.2. The van der Waals surface area contributed by atoms with E-state index in [-0.39, 0.29) is 23.0 Å². The van der Waals surface area contributed by atoms with Crippen LogP contribution in [0.5, 0.6) is 0 Å². The maximum Gasteiger partial charge on any atom is 0.255 e. The normalized spacial score (nSPS) is 20.7. The summed E-state index contributed by atoms with van der Waals surface area (Å²) in [6.07, 6.45) is -0.343. The Labute approximate surface area is 166 Å². The van der Waals surface area contributed by atoms with Crippen LogP contribution in [0.3, 0.4) is 0 Å². The number of morpholine rings is 1. The van der Waals surface area contributed by atoms with Crippen LogP contribution in [0.1, 0.15) is 35.3 Å². The van der Waals surface area contributed by atoms with Crippen molar-refractivity contribution in [2.24, 2.45) is 0 Å². The van der Waals surface area contributed by atoms with Gasteiger partial charge in [0.2, 0.25) is 10.0 Å².